The first-order valence-electron chi connectivity index (χ1n) is 6.74. The minimum Gasteiger partial charge on any atom is -0.480 e. The molecule has 0 aromatic rings. The van der Waals surface area contributed by atoms with Crippen LogP contribution in [0, 0.1) is 5.41 Å². The number of carbonyl (C=O) groups excluding carboxylic acids is 2. The van der Waals surface area contributed by atoms with Crippen molar-refractivity contribution in [3.8, 4) is 0 Å². The number of aliphatic carboxylic acids is 1. The molecular weight excluding hydrogens is 276 g/mol. The van der Waals surface area contributed by atoms with E-state index in [9.17, 15) is 14.4 Å². The SMILES string of the molecule is CC(C)(C)OC(=O)C[C@H](NC(=O)[C@H](N)C(C)(C)C)C(=O)O. The normalized spacial score (nSPS) is 15.0. The third-order valence-corrected chi connectivity index (χ3v) is 2.62. The van der Waals surface area contributed by atoms with Gasteiger partial charge in [-0.25, -0.2) is 4.79 Å². The Hall–Kier alpha value is -1.63. The Morgan fingerprint density at radius 1 is 1.14 bits per heavy atom. The molecule has 4 N–H and O–H groups in total. The molecule has 0 unspecified atom stereocenters. The lowest BCUT2D eigenvalue weighted by atomic mass is 9.87. The summed E-state index contributed by atoms with van der Waals surface area (Å²) in [6.07, 6.45) is -0.449. The summed E-state index contributed by atoms with van der Waals surface area (Å²) in [4.78, 5) is 34.7. The molecule has 7 nitrogen and oxygen atoms in total. The van der Waals surface area contributed by atoms with Crippen LogP contribution in [0.5, 0.6) is 0 Å². The third kappa shape index (κ3) is 7.65. The molecule has 0 fully saturated rings. The highest BCUT2D eigenvalue weighted by Gasteiger charge is 2.32. The topological polar surface area (TPSA) is 119 Å². The maximum atomic E-state index is 11.9. The second kappa shape index (κ2) is 6.89. The summed E-state index contributed by atoms with van der Waals surface area (Å²) in [5.74, 6) is -2.62. The highest BCUT2D eigenvalue weighted by atomic mass is 16.6. The van der Waals surface area contributed by atoms with Gasteiger partial charge in [0.2, 0.25) is 5.91 Å². The van der Waals surface area contributed by atoms with Gasteiger partial charge in [0.1, 0.15) is 11.6 Å². The van der Waals surface area contributed by atoms with E-state index in [0.29, 0.717) is 0 Å². The number of ether oxygens (including phenoxy) is 1. The van der Waals surface area contributed by atoms with E-state index in [0.717, 1.165) is 0 Å². The van der Waals surface area contributed by atoms with Crippen molar-refractivity contribution in [2.24, 2.45) is 11.1 Å². The molecule has 2 atom stereocenters. The van der Waals surface area contributed by atoms with Crippen LogP contribution in [-0.2, 0) is 19.1 Å². The Morgan fingerprint density at radius 2 is 1.62 bits per heavy atom. The van der Waals surface area contributed by atoms with Crippen molar-refractivity contribution in [1.29, 1.82) is 0 Å². The van der Waals surface area contributed by atoms with E-state index in [1.807, 2.05) is 0 Å². The average molecular weight is 302 g/mol. The van der Waals surface area contributed by atoms with Gasteiger partial charge in [-0.2, -0.15) is 0 Å². The summed E-state index contributed by atoms with van der Waals surface area (Å²) in [5.41, 5.74) is 4.52. The Kier molecular flexibility index (Phi) is 6.35. The van der Waals surface area contributed by atoms with Crippen LogP contribution >= 0.6 is 0 Å². The zero-order chi connectivity index (χ0) is 17.0. The lowest BCUT2D eigenvalue weighted by molar-refractivity contribution is -0.158. The number of rotatable bonds is 5. The minimum absolute atomic E-state index is 0.449. The summed E-state index contributed by atoms with van der Waals surface area (Å²) >= 11 is 0. The molecule has 7 heteroatoms. The largest absolute Gasteiger partial charge is 0.480 e. The smallest absolute Gasteiger partial charge is 0.326 e. The molecule has 0 radical (unpaired) electrons. The minimum atomic E-state index is -1.36. The van der Waals surface area contributed by atoms with Gasteiger partial charge in [0.15, 0.2) is 0 Å². The quantitative estimate of drug-likeness (QED) is 0.642. The van der Waals surface area contributed by atoms with Gasteiger partial charge < -0.3 is 20.9 Å². The van der Waals surface area contributed by atoms with Crippen LogP contribution < -0.4 is 11.1 Å². The zero-order valence-electron chi connectivity index (χ0n) is 13.5. The number of nitrogens with one attached hydrogen (secondary N) is 1. The van der Waals surface area contributed by atoms with Crippen molar-refractivity contribution in [3.63, 3.8) is 0 Å². The zero-order valence-corrected chi connectivity index (χ0v) is 13.5. The summed E-state index contributed by atoms with van der Waals surface area (Å²) in [6.45, 7) is 10.3. The van der Waals surface area contributed by atoms with Gasteiger partial charge in [-0.15, -0.1) is 0 Å². The molecule has 122 valence electrons. The summed E-state index contributed by atoms with van der Waals surface area (Å²) < 4.78 is 5.04. The molecule has 0 saturated heterocycles. The van der Waals surface area contributed by atoms with Crippen LogP contribution in [0.3, 0.4) is 0 Å². The molecule has 0 rings (SSSR count). The lowest BCUT2D eigenvalue weighted by Crippen LogP contribution is -2.53. The number of hydrogen-bond acceptors (Lipinski definition) is 5. The van der Waals surface area contributed by atoms with E-state index in [4.69, 9.17) is 15.6 Å². The Balaban J connectivity index is 4.76. The Bertz CT molecular complexity index is 407. The number of carboxylic acids is 1. The van der Waals surface area contributed by atoms with E-state index < -0.39 is 47.4 Å². The summed E-state index contributed by atoms with van der Waals surface area (Å²) in [6, 6.07) is -2.24. The molecule has 0 aliphatic rings. The Morgan fingerprint density at radius 3 is 1.95 bits per heavy atom. The van der Waals surface area contributed by atoms with Crippen LogP contribution in [0.25, 0.3) is 0 Å². The number of carbonyl (C=O) groups is 3. The van der Waals surface area contributed by atoms with Crippen molar-refractivity contribution >= 4 is 17.8 Å². The van der Waals surface area contributed by atoms with Gasteiger partial charge in [-0.3, -0.25) is 9.59 Å². The standard InChI is InChI=1S/C14H26N2O5/c1-13(2,3)10(15)11(18)16-8(12(19)20)7-9(17)21-14(4,5)6/h8,10H,7,15H2,1-6H3,(H,16,18)(H,19,20)/t8-,10-/m0/s1. The molecule has 1 amide bonds. The average Bonchev–Trinajstić information content (AvgIpc) is 2.22. The maximum Gasteiger partial charge on any atom is 0.326 e. The molecule has 0 aliphatic heterocycles. The number of carboxylic acid groups (broad SMARTS) is 1. The van der Waals surface area contributed by atoms with Crippen molar-refractivity contribution in [2.75, 3.05) is 0 Å². The Labute approximate surface area is 125 Å². The predicted molar refractivity (Wildman–Crippen MR) is 77.5 cm³/mol. The maximum absolute atomic E-state index is 11.9. The number of amides is 1. The van der Waals surface area contributed by atoms with Crippen LogP contribution in [0.4, 0.5) is 0 Å². The number of esters is 1. The first-order chi connectivity index (χ1) is 9.24. The van der Waals surface area contributed by atoms with Gasteiger partial charge in [0.05, 0.1) is 12.5 Å². The summed E-state index contributed by atoms with van der Waals surface area (Å²) in [7, 11) is 0. The second-order valence-corrected chi connectivity index (χ2v) is 7.03. The lowest BCUT2D eigenvalue weighted by Gasteiger charge is -2.27. The number of hydrogen-bond donors (Lipinski definition) is 3. The fourth-order valence-electron chi connectivity index (χ4n) is 1.40. The second-order valence-electron chi connectivity index (χ2n) is 7.03. The highest BCUT2D eigenvalue weighted by Crippen LogP contribution is 2.17. The van der Waals surface area contributed by atoms with Crippen molar-refractivity contribution in [1.82, 2.24) is 5.32 Å². The molecule has 0 aliphatic carbocycles. The van der Waals surface area contributed by atoms with Gasteiger partial charge in [-0.1, -0.05) is 20.8 Å². The molecule has 0 heterocycles. The highest BCUT2D eigenvalue weighted by molar-refractivity contribution is 5.89. The molecule has 0 saturated carbocycles. The van der Waals surface area contributed by atoms with Crippen molar-refractivity contribution < 1.29 is 24.2 Å². The molecule has 21 heavy (non-hydrogen) atoms. The van der Waals surface area contributed by atoms with Crippen LogP contribution in [0.15, 0.2) is 0 Å². The van der Waals surface area contributed by atoms with Gasteiger partial charge in [0.25, 0.3) is 0 Å². The van der Waals surface area contributed by atoms with Crippen LogP contribution in [0.1, 0.15) is 48.0 Å². The number of nitrogens with two attached hydrogens (primary N) is 1. The molecule has 0 bridgehead atoms. The summed E-state index contributed by atoms with van der Waals surface area (Å²) in [5, 5.41) is 11.4. The molecule has 0 aromatic heterocycles. The monoisotopic (exact) mass is 302 g/mol. The van der Waals surface area contributed by atoms with Gasteiger partial charge in [-0.05, 0) is 26.2 Å². The van der Waals surface area contributed by atoms with E-state index in [1.165, 1.54) is 0 Å². The van der Waals surface area contributed by atoms with E-state index in [1.54, 1.807) is 41.5 Å². The third-order valence-electron chi connectivity index (χ3n) is 2.62. The molecular formula is C14H26N2O5. The molecule has 0 spiro atoms. The van der Waals surface area contributed by atoms with Crippen LogP contribution in [-0.4, -0.2) is 40.6 Å². The fourth-order valence-corrected chi connectivity index (χ4v) is 1.40. The first-order valence-corrected chi connectivity index (χ1v) is 6.74. The fraction of sp³-hybridized carbons (Fsp3) is 0.786. The van der Waals surface area contributed by atoms with E-state index in [-0.39, 0.29) is 0 Å². The van der Waals surface area contributed by atoms with Crippen molar-refractivity contribution in [2.45, 2.75) is 65.6 Å². The molecule has 0 aromatic carbocycles. The predicted octanol–water partition coefficient (Wildman–Crippen LogP) is 0.661. The van der Waals surface area contributed by atoms with Crippen LogP contribution in [0.2, 0.25) is 0 Å². The van der Waals surface area contributed by atoms with E-state index >= 15 is 0 Å². The van der Waals surface area contributed by atoms with Gasteiger partial charge in [0, 0.05) is 0 Å². The van der Waals surface area contributed by atoms with Crippen molar-refractivity contribution in [3.05, 3.63) is 0 Å². The first kappa shape index (κ1) is 19.4. The van der Waals surface area contributed by atoms with E-state index in [2.05, 4.69) is 5.32 Å². The van der Waals surface area contributed by atoms with Gasteiger partial charge >= 0.3 is 11.9 Å².